The van der Waals surface area contributed by atoms with Crippen LogP contribution in [-0.2, 0) is 6.42 Å². The summed E-state index contributed by atoms with van der Waals surface area (Å²) in [7, 11) is 0. The lowest BCUT2D eigenvalue weighted by Crippen LogP contribution is -2.06. The first-order valence-electron chi connectivity index (χ1n) is 5.14. The van der Waals surface area contributed by atoms with E-state index in [-0.39, 0.29) is 17.5 Å². The number of rotatable bonds is 3. The van der Waals surface area contributed by atoms with E-state index in [1.807, 2.05) is 0 Å². The SMILES string of the molecule is O=C(Cc1cc(F)ccc1F)c1cncc(F)c1. The number of aromatic nitrogens is 1. The van der Waals surface area contributed by atoms with Gasteiger partial charge in [0.2, 0.25) is 0 Å². The molecule has 0 bridgehead atoms. The van der Waals surface area contributed by atoms with Crippen LogP contribution in [0.3, 0.4) is 0 Å². The summed E-state index contributed by atoms with van der Waals surface area (Å²) in [5.41, 5.74) is -0.0390. The average molecular weight is 251 g/mol. The predicted octanol–water partition coefficient (Wildman–Crippen LogP) is 2.92. The maximum atomic E-state index is 13.3. The molecule has 0 amide bonds. The minimum atomic E-state index is -0.672. The number of nitrogens with zero attached hydrogens (tertiary/aromatic N) is 1. The van der Waals surface area contributed by atoms with E-state index in [9.17, 15) is 18.0 Å². The third kappa shape index (κ3) is 2.74. The van der Waals surface area contributed by atoms with Crippen molar-refractivity contribution >= 4 is 5.78 Å². The summed E-state index contributed by atoms with van der Waals surface area (Å²) < 4.78 is 39.1. The number of halogens is 3. The Morgan fingerprint density at radius 3 is 2.56 bits per heavy atom. The minimum Gasteiger partial charge on any atom is -0.294 e. The number of carbonyl (C=O) groups is 1. The van der Waals surface area contributed by atoms with E-state index in [4.69, 9.17) is 0 Å². The molecule has 0 aliphatic carbocycles. The van der Waals surface area contributed by atoms with Crippen LogP contribution in [0.2, 0.25) is 0 Å². The van der Waals surface area contributed by atoms with Gasteiger partial charge in [-0.3, -0.25) is 9.78 Å². The van der Waals surface area contributed by atoms with Crippen LogP contribution in [0.4, 0.5) is 13.2 Å². The van der Waals surface area contributed by atoms with Crippen LogP contribution in [0.15, 0.2) is 36.7 Å². The van der Waals surface area contributed by atoms with E-state index in [2.05, 4.69) is 4.98 Å². The predicted molar refractivity (Wildman–Crippen MR) is 58.6 cm³/mol. The molecule has 2 nitrogen and oxygen atoms in total. The zero-order valence-corrected chi connectivity index (χ0v) is 9.16. The molecule has 92 valence electrons. The molecule has 0 unspecified atom stereocenters. The highest BCUT2D eigenvalue weighted by Crippen LogP contribution is 2.13. The molecule has 0 saturated carbocycles. The average Bonchev–Trinajstić information content (AvgIpc) is 2.34. The maximum absolute atomic E-state index is 13.3. The van der Waals surface area contributed by atoms with Gasteiger partial charge in [0.1, 0.15) is 17.5 Å². The number of ketones is 1. The summed E-state index contributed by atoms with van der Waals surface area (Å²) in [4.78, 5) is 15.3. The van der Waals surface area contributed by atoms with Gasteiger partial charge in [0.15, 0.2) is 5.78 Å². The van der Waals surface area contributed by atoms with Gasteiger partial charge in [0.25, 0.3) is 0 Å². The number of benzene rings is 1. The van der Waals surface area contributed by atoms with Gasteiger partial charge in [-0.15, -0.1) is 0 Å². The second-order valence-corrected chi connectivity index (χ2v) is 3.73. The van der Waals surface area contributed by atoms with Crippen LogP contribution in [0.25, 0.3) is 0 Å². The molecule has 1 heterocycles. The number of hydrogen-bond donors (Lipinski definition) is 0. The van der Waals surface area contributed by atoms with Crippen LogP contribution in [0.1, 0.15) is 15.9 Å². The van der Waals surface area contributed by atoms with Gasteiger partial charge in [-0.05, 0) is 29.8 Å². The highest BCUT2D eigenvalue weighted by Gasteiger charge is 2.12. The normalized spacial score (nSPS) is 10.4. The smallest absolute Gasteiger partial charge is 0.168 e. The Balaban J connectivity index is 2.24. The monoisotopic (exact) mass is 251 g/mol. The Morgan fingerprint density at radius 2 is 1.83 bits per heavy atom. The van der Waals surface area contributed by atoms with Gasteiger partial charge in [0, 0.05) is 18.2 Å². The molecule has 0 saturated heterocycles. The second kappa shape index (κ2) is 5.00. The van der Waals surface area contributed by atoms with E-state index in [1.54, 1.807) is 0 Å². The molecule has 0 spiro atoms. The summed E-state index contributed by atoms with van der Waals surface area (Å²) in [5, 5.41) is 0. The fraction of sp³-hybridized carbons (Fsp3) is 0.0769. The van der Waals surface area contributed by atoms with Crippen molar-refractivity contribution in [3.63, 3.8) is 0 Å². The lowest BCUT2D eigenvalue weighted by molar-refractivity contribution is 0.0991. The first-order chi connectivity index (χ1) is 8.56. The Hall–Kier alpha value is -2.17. The molecule has 0 aliphatic rings. The van der Waals surface area contributed by atoms with Crippen molar-refractivity contribution in [2.45, 2.75) is 6.42 Å². The summed E-state index contributed by atoms with van der Waals surface area (Å²) in [6.07, 6.45) is 1.80. The Kier molecular flexibility index (Phi) is 3.41. The van der Waals surface area contributed by atoms with Crippen LogP contribution in [-0.4, -0.2) is 10.8 Å². The topological polar surface area (TPSA) is 30.0 Å². The summed E-state index contributed by atoms with van der Waals surface area (Å²) in [6, 6.07) is 3.86. The van der Waals surface area contributed by atoms with Crippen molar-refractivity contribution in [3.8, 4) is 0 Å². The van der Waals surface area contributed by atoms with E-state index in [0.717, 1.165) is 30.5 Å². The second-order valence-electron chi connectivity index (χ2n) is 3.73. The minimum absolute atomic E-state index is 0.0265. The lowest BCUT2D eigenvalue weighted by Gasteiger charge is -2.03. The summed E-state index contributed by atoms with van der Waals surface area (Å²) in [6.45, 7) is 0. The van der Waals surface area contributed by atoms with Crippen molar-refractivity contribution in [2.75, 3.05) is 0 Å². The van der Waals surface area contributed by atoms with E-state index in [1.165, 1.54) is 6.20 Å². The van der Waals surface area contributed by atoms with Crippen molar-refractivity contribution in [2.24, 2.45) is 0 Å². The highest BCUT2D eigenvalue weighted by molar-refractivity contribution is 5.97. The molecule has 0 radical (unpaired) electrons. The van der Waals surface area contributed by atoms with Crippen LogP contribution in [0.5, 0.6) is 0 Å². The van der Waals surface area contributed by atoms with E-state index < -0.39 is 23.2 Å². The van der Waals surface area contributed by atoms with Crippen LogP contribution in [0, 0.1) is 17.5 Å². The third-order valence-corrected chi connectivity index (χ3v) is 2.39. The number of pyridine rings is 1. The summed E-state index contributed by atoms with van der Waals surface area (Å²) in [5.74, 6) is -2.47. The van der Waals surface area contributed by atoms with Crippen molar-refractivity contribution in [1.82, 2.24) is 4.98 Å². The molecule has 0 fully saturated rings. The standard InChI is InChI=1S/C13H8F3NO/c14-10-1-2-12(16)8(3-10)5-13(18)9-4-11(15)7-17-6-9/h1-4,6-7H,5H2. The quantitative estimate of drug-likeness (QED) is 0.785. The molecular weight excluding hydrogens is 243 g/mol. The van der Waals surface area contributed by atoms with Crippen LogP contribution < -0.4 is 0 Å². The Bertz CT molecular complexity index is 599. The molecule has 0 N–H and O–H groups in total. The third-order valence-electron chi connectivity index (χ3n) is 2.39. The largest absolute Gasteiger partial charge is 0.294 e. The Morgan fingerprint density at radius 1 is 1.06 bits per heavy atom. The summed E-state index contributed by atoms with van der Waals surface area (Å²) >= 11 is 0. The zero-order chi connectivity index (χ0) is 13.1. The van der Waals surface area contributed by atoms with Crippen molar-refractivity contribution in [1.29, 1.82) is 0 Å². The van der Waals surface area contributed by atoms with Crippen molar-refractivity contribution < 1.29 is 18.0 Å². The van der Waals surface area contributed by atoms with Crippen LogP contribution >= 0.6 is 0 Å². The fourth-order valence-electron chi connectivity index (χ4n) is 1.52. The molecule has 2 rings (SSSR count). The number of Topliss-reactive ketones (excluding diaryl/α,β-unsaturated/α-hetero) is 1. The lowest BCUT2D eigenvalue weighted by atomic mass is 10.0. The molecule has 1 aromatic heterocycles. The zero-order valence-electron chi connectivity index (χ0n) is 9.16. The number of hydrogen-bond acceptors (Lipinski definition) is 2. The molecule has 5 heteroatoms. The molecule has 1 aromatic carbocycles. The van der Waals surface area contributed by atoms with Crippen molar-refractivity contribution in [3.05, 3.63) is 65.2 Å². The molecule has 0 atom stereocenters. The van der Waals surface area contributed by atoms with Gasteiger partial charge >= 0.3 is 0 Å². The van der Waals surface area contributed by atoms with Gasteiger partial charge in [-0.2, -0.15) is 0 Å². The van der Waals surface area contributed by atoms with E-state index >= 15 is 0 Å². The van der Waals surface area contributed by atoms with E-state index in [0.29, 0.717) is 0 Å². The van der Waals surface area contributed by atoms with Gasteiger partial charge < -0.3 is 0 Å². The molecular formula is C13H8F3NO. The van der Waals surface area contributed by atoms with Gasteiger partial charge in [0.05, 0.1) is 6.20 Å². The Labute approximate surface area is 101 Å². The van der Waals surface area contributed by atoms with Gasteiger partial charge in [-0.25, -0.2) is 13.2 Å². The fourth-order valence-corrected chi connectivity index (χ4v) is 1.52. The first kappa shape index (κ1) is 12.3. The number of carbonyl (C=O) groups excluding carboxylic acids is 1. The first-order valence-corrected chi connectivity index (χ1v) is 5.14. The highest BCUT2D eigenvalue weighted by atomic mass is 19.1. The van der Waals surface area contributed by atoms with Gasteiger partial charge in [-0.1, -0.05) is 0 Å². The molecule has 18 heavy (non-hydrogen) atoms. The molecule has 2 aromatic rings. The maximum Gasteiger partial charge on any atom is 0.168 e. The molecule has 0 aliphatic heterocycles.